The summed E-state index contributed by atoms with van der Waals surface area (Å²) in [5, 5.41) is 14.8. The zero-order valence-electron chi connectivity index (χ0n) is 18.8. The third kappa shape index (κ3) is 7.55. The summed E-state index contributed by atoms with van der Waals surface area (Å²) >= 11 is 0. The van der Waals surface area contributed by atoms with Gasteiger partial charge in [0, 0.05) is 26.1 Å². The summed E-state index contributed by atoms with van der Waals surface area (Å²) in [7, 11) is 1.68. The Bertz CT molecular complexity index is 820. The van der Waals surface area contributed by atoms with Gasteiger partial charge in [0.1, 0.15) is 12.2 Å². The first-order valence-corrected chi connectivity index (χ1v) is 11.0. The number of hydrogen-bond donors (Lipinski definition) is 2. The number of benzene rings is 1. The van der Waals surface area contributed by atoms with Gasteiger partial charge in [-0.05, 0) is 50.3 Å². The Hall–Kier alpha value is -2.04. The van der Waals surface area contributed by atoms with E-state index >= 15 is 0 Å². The molecule has 0 radical (unpaired) electrons. The van der Waals surface area contributed by atoms with Crippen molar-refractivity contribution in [3.8, 4) is 11.5 Å². The minimum atomic E-state index is 0. The van der Waals surface area contributed by atoms with E-state index < -0.39 is 0 Å². The number of nitrogens with zero attached hydrogens (tertiary/aromatic N) is 4. The first kappa shape index (κ1) is 25.2. The molecule has 172 valence electrons. The molecule has 1 aliphatic rings. The fraction of sp³-hybridized carbons (Fsp3) is 0.591. The van der Waals surface area contributed by atoms with E-state index in [0.29, 0.717) is 12.6 Å². The molecule has 0 atom stereocenters. The van der Waals surface area contributed by atoms with Crippen LogP contribution in [0.2, 0.25) is 0 Å². The van der Waals surface area contributed by atoms with E-state index in [4.69, 9.17) is 14.5 Å². The number of methoxy groups -OCH3 is 1. The number of rotatable bonds is 10. The Balaban J connectivity index is 0.00000341. The number of ether oxygens (including phenoxy) is 2. The predicted octanol–water partition coefficient (Wildman–Crippen LogP) is 3.54. The van der Waals surface area contributed by atoms with Crippen molar-refractivity contribution >= 4 is 29.9 Å². The van der Waals surface area contributed by atoms with Gasteiger partial charge in [-0.15, -0.1) is 34.2 Å². The second-order valence-electron chi connectivity index (χ2n) is 7.43. The Kier molecular flexibility index (Phi) is 10.9. The van der Waals surface area contributed by atoms with Crippen LogP contribution >= 0.6 is 24.0 Å². The third-order valence-corrected chi connectivity index (χ3v) is 5.24. The van der Waals surface area contributed by atoms with Gasteiger partial charge in [0.05, 0.1) is 19.8 Å². The van der Waals surface area contributed by atoms with E-state index in [9.17, 15) is 0 Å². The van der Waals surface area contributed by atoms with Crippen LogP contribution in [-0.2, 0) is 19.5 Å². The minimum absolute atomic E-state index is 0. The van der Waals surface area contributed by atoms with E-state index in [1.165, 1.54) is 12.8 Å². The smallest absolute Gasteiger partial charge is 0.191 e. The molecule has 0 amide bonds. The lowest BCUT2D eigenvalue weighted by atomic mass is 10.2. The van der Waals surface area contributed by atoms with Crippen molar-refractivity contribution in [3.63, 3.8) is 0 Å². The maximum Gasteiger partial charge on any atom is 0.191 e. The fourth-order valence-corrected chi connectivity index (χ4v) is 3.64. The van der Waals surface area contributed by atoms with Crippen LogP contribution in [0.5, 0.6) is 11.5 Å². The van der Waals surface area contributed by atoms with E-state index in [-0.39, 0.29) is 24.0 Å². The molecule has 1 aliphatic carbocycles. The molecule has 3 rings (SSSR count). The molecule has 1 saturated carbocycles. The van der Waals surface area contributed by atoms with Crippen LogP contribution < -0.4 is 20.1 Å². The number of aromatic nitrogens is 3. The first-order chi connectivity index (χ1) is 14.7. The molecular weight excluding hydrogens is 507 g/mol. The van der Waals surface area contributed by atoms with Crippen molar-refractivity contribution in [2.24, 2.45) is 4.99 Å². The van der Waals surface area contributed by atoms with Crippen molar-refractivity contribution in [2.45, 2.75) is 65.1 Å². The molecule has 1 fully saturated rings. The highest BCUT2D eigenvalue weighted by molar-refractivity contribution is 14.0. The minimum Gasteiger partial charge on any atom is -0.493 e. The molecule has 31 heavy (non-hydrogen) atoms. The summed E-state index contributed by atoms with van der Waals surface area (Å²) < 4.78 is 13.7. The van der Waals surface area contributed by atoms with Crippen LogP contribution in [0.4, 0.5) is 0 Å². The Morgan fingerprint density at radius 2 is 2.00 bits per heavy atom. The SMILES string of the molecule is CCNC(=NCc1ccc(OC)c(OC2CCCC2)c1)NCCn1cnnc1CC.I. The van der Waals surface area contributed by atoms with Crippen LogP contribution in [0.3, 0.4) is 0 Å². The molecule has 2 aromatic rings. The highest BCUT2D eigenvalue weighted by atomic mass is 127. The van der Waals surface area contributed by atoms with Gasteiger partial charge >= 0.3 is 0 Å². The number of halogens is 1. The molecule has 8 nitrogen and oxygen atoms in total. The van der Waals surface area contributed by atoms with Gasteiger partial charge in [0.25, 0.3) is 0 Å². The highest BCUT2D eigenvalue weighted by Gasteiger charge is 2.18. The Morgan fingerprint density at radius 1 is 1.19 bits per heavy atom. The van der Waals surface area contributed by atoms with E-state index in [2.05, 4.69) is 45.3 Å². The van der Waals surface area contributed by atoms with Crippen LogP contribution in [0, 0.1) is 0 Å². The lowest BCUT2D eigenvalue weighted by Crippen LogP contribution is -2.38. The lowest BCUT2D eigenvalue weighted by molar-refractivity contribution is 0.200. The van der Waals surface area contributed by atoms with E-state index in [1.807, 2.05) is 12.1 Å². The zero-order chi connectivity index (χ0) is 21.2. The van der Waals surface area contributed by atoms with Crippen LogP contribution in [-0.4, -0.2) is 47.0 Å². The van der Waals surface area contributed by atoms with Crippen molar-refractivity contribution in [2.75, 3.05) is 20.2 Å². The number of nitrogens with one attached hydrogen (secondary N) is 2. The average Bonchev–Trinajstić information content (AvgIpc) is 3.44. The topological polar surface area (TPSA) is 85.6 Å². The summed E-state index contributed by atoms with van der Waals surface area (Å²) in [4.78, 5) is 4.73. The molecule has 1 heterocycles. The third-order valence-electron chi connectivity index (χ3n) is 5.24. The van der Waals surface area contributed by atoms with Gasteiger partial charge in [0.15, 0.2) is 17.5 Å². The zero-order valence-corrected chi connectivity index (χ0v) is 21.1. The van der Waals surface area contributed by atoms with Gasteiger partial charge in [-0.3, -0.25) is 0 Å². The summed E-state index contributed by atoms with van der Waals surface area (Å²) in [6.45, 7) is 7.05. The normalized spacial score (nSPS) is 14.2. The molecule has 0 unspecified atom stereocenters. The van der Waals surface area contributed by atoms with Gasteiger partial charge in [-0.2, -0.15) is 0 Å². The van der Waals surface area contributed by atoms with Crippen molar-refractivity contribution in [3.05, 3.63) is 35.9 Å². The molecule has 0 spiro atoms. The molecule has 1 aromatic heterocycles. The second-order valence-corrected chi connectivity index (χ2v) is 7.43. The summed E-state index contributed by atoms with van der Waals surface area (Å²) in [5.74, 6) is 3.37. The van der Waals surface area contributed by atoms with E-state index in [1.54, 1.807) is 13.4 Å². The number of aliphatic imine (C=N–C) groups is 1. The summed E-state index contributed by atoms with van der Waals surface area (Å²) in [6, 6.07) is 6.06. The quantitative estimate of drug-likeness (QED) is 0.272. The average molecular weight is 542 g/mol. The predicted molar refractivity (Wildman–Crippen MR) is 134 cm³/mol. The van der Waals surface area contributed by atoms with E-state index in [0.717, 1.165) is 67.7 Å². The van der Waals surface area contributed by atoms with Gasteiger partial charge in [-0.25, -0.2) is 4.99 Å². The molecule has 1 aromatic carbocycles. The molecule has 0 aliphatic heterocycles. The van der Waals surface area contributed by atoms with Crippen molar-refractivity contribution < 1.29 is 9.47 Å². The first-order valence-electron chi connectivity index (χ1n) is 11.0. The van der Waals surface area contributed by atoms with Crippen molar-refractivity contribution in [1.82, 2.24) is 25.4 Å². The maximum absolute atomic E-state index is 6.20. The standard InChI is InChI=1S/C22H34N6O2.HI/c1-4-21-27-26-16-28(21)13-12-24-22(23-5-2)25-15-17-10-11-19(29-3)20(14-17)30-18-8-6-7-9-18;/h10-11,14,16,18H,4-9,12-13,15H2,1-3H3,(H2,23,24,25);1H. The highest BCUT2D eigenvalue weighted by Crippen LogP contribution is 2.32. The number of aryl methyl sites for hydroxylation is 1. The number of hydrogen-bond acceptors (Lipinski definition) is 5. The van der Waals surface area contributed by atoms with Gasteiger partial charge < -0.3 is 24.7 Å². The largest absolute Gasteiger partial charge is 0.493 e. The van der Waals surface area contributed by atoms with Crippen LogP contribution in [0.25, 0.3) is 0 Å². The van der Waals surface area contributed by atoms with Gasteiger partial charge in [0.2, 0.25) is 0 Å². The van der Waals surface area contributed by atoms with Crippen LogP contribution in [0.15, 0.2) is 29.5 Å². The molecule has 9 heteroatoms. The van der Waals surface area contributed by atoms with Gasteiger partial charge in [-0.1, -0.05) is 13.0 Å². The summed E-state index contributed by atoms with van der Waals surface area (Å²) in [6.07, 6.45) is 7.65. The van der Waals surface area contributed by atoms with Crippen LogP contribution in [0.1, 0.15) is 50.9 Å². The molecule has 0 saturated heterocycles. The summed E-state index contributed by atoms with van der Waals surface area (Å²) in [5.41, 5.74) is 1.09. The second kappa shape index (κ2) is 13.4. The lowest BCUT2D eigenvalue weighted by Gasteiger charge is -2.17. The van der Waals surface area contributed by atoms with Crippen molar-refractivity contribution in [1.29, 1.82) is 0 Å². The monoisotopic (exact) mass is 542 g/mol. The number of guanidine groups is 1. The molecular formula is C22H35IN6O2. The molecule has 2 N–H and O–H groups in total. The Labute approximate surface area is 202 Å². The fourth-order valence-electron chi connectivity index (χ4n) is 3.64. The maximum atomic E-state index is 6.20. The Morgan fingerprint density at radius 3 is 2.71 bits per heavy atom. The molecule has 0 bridgehead atoms.